The second-order valence-corrected chi connectivity index (χ2v) is 7.61. The van der Waals surface area contributed by atoms with Crippen molar-refractivity contribution in [1.82, 2.24) is 0 Å². The molecule has 2 heteroatoms. The molecule has 25 heavy (non-hydrogen) atoms. The summed E-state index contributed by atoms with van der Waals surface area (Å²) in [7, 11) is 0. The van der Waals surface area contributed by atoms with Gasteiger partial charge in [-0.05, 0) is 56.0 Å². The molecule has 0 heterocycles. The fourth-order valence-electron chi connectivity index (χ4n) is 3.50. The summed E-state index contributed by atoms with van der Waals surface area (Å²) in [5.74, 6) is 0. The molecule has 0 amide bonds. The van der Waals surface area contributed by atoms with E-state index in [0.717, 1.165) is 17.8 Å². The molecule has 1 aliphatic carbocycles. The molecular formula is C23H28N2. The summed E-state index contributed by atoms with van der Waals surface area (Å²) in [4.78, 5) is 0. The summed E-state index contributed by atoms with van der Waals surface area (Å²) >= 11 is 0. The Morgan fingerprint density at radius 1 is 0.800 bits per heavy atom. The van der Waals surface area contributed by atoms with Crippen molar-refractivity contribution in [2.24, 2.45) is 5.41 Å². The summed E-state index contributed by atoms with van der Waals surface area (Å²) in [5, 5.41) is 7.35. The number of nitrogens with one attached hydrogen (secondary N) is 2. The molecule has 0 spiro atoms. The predicted molar refractivity (Wildman–Crippen MR) is 110 cm³/mol. The van der Waals surface area contributed by atoms with Crippen LogP contribution in [0.15, 0.2) is 65.9 Å². The number of aryl methyl sites for hydroxylation is 2. The molecule has 0 aliphatic heterocycles. The van der Waals surface area contributed by atoms with Crippen molar-refractivity contribution >= 4 is 17.1 Å². The topological polar surface area (TPSA) is 24.1 Å². The van der Waals surface area contributed by atoms with Gasteiger partial charge in [-0.3, -0.25) is 0 Å². The molecule has 2 N–H and O–H groups in total. The van der Waals surface area contributed by atoms with Gasteiger partial charge < -0.3 is 10.6 Å². The van der Waals surface area contributed by atoms with Gasteiger partial charge in [-0.2, -0.15) is 0 Å². The van der Waals surface area contributed by atoms with Gasteiger partial charge in [0.15, 0.2) is 0 Å². The van der Waals surface area contributed by atoms with Crippen molar-refractivity contribution in [3.05, 3.63) is 77.0 Å². The lowest BCUT2D eigenvalue weighted by molar-refractivity contribution is 0.447. The number of para-hydroxylation sites is 3. The van der Waals surface area contributed by atoms with Crippen molar-refractivity contribution in [2.75, 3.05) is 10.6 Å². The zero-order chi connectivity index (χ0) is 18.0. The number of rotatable bonds is 4. The van der Waals surface area contributed by atoms with Gasteiger partial charge in [0.05, 0.1) is 11.4 Å². The fourth-order valence-corrected chi connectivity index (χ4v) is 3.50. The van der Waals surface area contributed by atoms with Crippen LogP contribution in [0.3, 0.4) is 0 Å². The van der Waals surface area contributed by atoms with E-state index in [-0.39, 0.29) is 5.41 Å². The molecule has 0 bridgehead atoms. The lowest BCUT2D eigenvalue weighted by atomic mass is 9.80. The first kappa shape index (κ1) is 17.3. The van der Waals surface area contributed by atoms with E-state index >= 15 is 0 Å². The molecule has 2 nitrogen and oxygen atoms in total. The third-order valence-corrected chi connectivity index (χ3v) is 4.99. The normalized spacial score (nSPS) is 16.0. The van der Waals surface area contributed by atoms with E-state index in [0.29, 0.717) is 0 Å². The average Bonchev–Trinajstić information content (AvgIpc) is 2.55. The van der Waals surface area contributed by atoms with Crippen LogP contribution in [0, 0.1) is 19.3 Å². The van der Waals surface area contributed by atoms with E-state index in [1.54, 1.807) is 0 Å². The molecule has 0 saturated carbocycles. The maximum atomic E-state index is 3.71. The van der Waals surface area contributed by atoms with E-state index < -0.39 is 0 Å². The van der Waals surface area contributed by atoms with E-state index in [1.165, 1.54) is 28.1 Å². The Morgan fingerprint density at radius 3 is 2.00 bits per heavy atom. The number of benzene rings is 2. The van der Waals surface area contributed by atoms with Crippen molar-refractivity contribution in [3.63, 3.8) is 0 Å². The fraction of sp³-hybridized carbons (Fsp3) is 0.304. The molecule has 3 rings (SSSR count). The first-order chi connectivity index (χ1) is 11.9. The van der Waals surface area contributed by atoms with Gasteiger partial charge in [0.1, 0.15) is 0 Å². The summed E-state index contributed by atoms with van der Waals surface area (Å²) in [6, 6.07) is 14.8. The number of hydrogen-bond acceptors (Lipinski definition) is 2. The molecule has 0 aromatic heterocycles. The first-order valence-electron chi connectivity index (χ1n) is 8.96. The van der Waals surface area contributed by atoms with Crippen LogP contribution < -0.4 is 10.6 Å². The summed E-state index contributed by atoms with van der Waals surface area (Å²) < 4.78 is 0. The van der Waals surface area contributed by atoms with Crippen LogP contribution in [0.5, 0.6) is 0 Å². The van der Waals surface area contributed by atoms with Crippen LogP contribution in [-0.4, -0.2) is 0 Å². The predicted octanol–water partition coefficient (Wildman–Crippen LogP) is 6.72. The quantitative estimate of drug-likeness (QED) is 0.649. The molecule has 130 valence electrons. The van der Waals surface area contributed by atoms with Crippen molar-refractivity contribution in [2.45, 2.75) is 41.0 Å². The van der Waals surface area contributed by atoms with Gasteiger partial charge in [0, 0.05) is 16.8 Å². The highest BCUT2D eigenvalue weighted by Gasteiger charge is 2.26. The van der Waals surface area contributed by atoms with E-state index in [1.807, 2.05) is 0 Å². The molecular weight excluding hydrogens is 304 g/mol. The number of anilines is 3. The standard InChI is InChI=1S/C23H28N2/c1-16-10-8-11-17(2)21(16)24-19-13-6-7-14-20(19)25-22-18(3)12-9-15-23(22,4)5/h6-14,24-25H,15H2,1-5H3. The van der Waals surface area contributed by atoms with Crippen molar-refractivity contribution in [1.29, 1.82) is 0 Å². The molecule has 1 aliphatic rings. The zero-order valence-electron chi connectivity index (χ0n) is 15.9. The van der Waals surface area contributed by atoms with Gasteiger partial charge in [-0.25, -0.2) is 0 Å². The number of allylic oxidation sites excluding steroid dienone is 4. The van der Waals surface area contributed by atoms with Crippen LogP contribution in [-0.2, 0) is 0 Å². The highest BCUT2D eigenvalue weighted by Crippen LogP contribution is 2.39. The Balaban J connectivity index is 1.96. The van der Waals surface area contributed by atoms with Gasteiger partial charge in [-0.1, -0.05) is 56.3 Å². The maximum absolute atomic E-state index is 3.71. The second-order valence-electron chi connectivity index (χ2n) is 7.61. The largest absolute Gasteiger partial charge is 0.357 e. The summed E-state index contributed by atoms with van der Waals surface area (Å²) in [6.07, 6.45) is 5.54. The first-order valence-corrected chi connectivity index (χ1v) is 8.96. The Labute approximate surface area is 151 Å². The highest BCUT2D eigenvalue weighted by atomic mass is 15.0. The van der Waals surface area contributed by atoms with E-state index in [2.05, 4.69) is 99.9 Å². The van der Waals surface area contributed by atoms with Crippen LogP contribution >= 0.6 is 0 Å². The third-order valence-electron chi connectivity index (χ3n) is 4.99. The molecule has 0 unspecified atom stereocenters. The lowest BCUT2D eigenvalue weighted by Gasteiger charge is -2.33. The minimum atomic E-state index is 0.116. The van der Waals surface area contributed by atoms with Gasteiger partial charge in [0.2, 0.25) is 0 Å². The molecule has 2 aromatic carbocycles. The van der Waals surface area contributed by atoms with Gasteiger partial charge in [-0.15, -0.1) is 0 Å². The molecule has 0 atom stereocenters. The smallest absolute Gasteiger partial charge is 0.0623 e. The number of hydrogen-bond donors (Lipinski definition) is 2. The highest BCUT2D eigenvalue weighted by molar-refractivity contribution is 5.78. The Bertz CT molecular complexity index is 821. The Kier molecular flexibility index (Phi) is 4.71. The minimum absolute atomic E-state index is 0.116. The summed E-state index contributed by atoms with van der Waals surface area (Å²) in [5.41, 5.74) is 8.63. The second kappa shape index (κ2) is 6.79. The summed E-state index contributed by atoms with van der Waals surface area (Å²) in [6.45, 7) is 11.1. The van der Waals surface area contributed by atoms with Crippen LogP contribution in [0.25, 0.3) is 0 Å². The zero-order valence-corrected chi connectivity index (χ0v) is 15.9. The molecule has 0 saturated heterocycles. The van der Waals surface area contributed by atoms with Crippen LogP contribution in [0.4, 0.5) is 17.1 Å². The van der Waals surface area contributed by atoms with E-state index in [9.17, 15) is 0 Å². The Morgan fingerprint density at radius 2 is 1.40 bits per heavy atom. The van der Waals surface area contributed by atoms with Crippen LogP contribution in [0.1, 0.15) is 38.3 Å². The lowest BCUT2D eigenvalue weighted by Crippen LogP contribution is -2.23. The van der Waals surface area contributed by atoms with Gasteiger partial charge >= 0.3 is 0 Å². The van der Waals surface area contributed by atoms with Crippen molar-refractivity contribution < 1.29 is 0 Å². The SMILES string of the molecule is CC1=C(Nc2ccccc2Nc2c(C)cccc2C)C(C)(C)CC=C1. The molecule has 2 aromatic rings. The van der Waals surface area contributed by atoms with Crippen LogP contribution in [0.2, 0.25) is 0 Å². The Hall–Kier alpha value is -2.48. The maximum Gasteiger partial charge on any atom is 0.0623 e. The van der Waals surface area contributed by atoms with Crippen molar-refractivity contribution in [3.8, 4) is 0 Å². The van der Waals surface area contributed by atoms with Gasteiger partial charge in [0.25, 0.3) is 0 Å². The third kappa shape index (κ3) is 3.63. The molecule has 0 radical (unpaired) electrons. The average molecular weight is 332 g/mol. The minimum Gasteiger partial charge on any atom is -0.357 e. The monoisotopic (exact) mass is 332 g/mol. The molecule has 0 fully saturated rings. The van der Waals surface area contributed by atoms with E-state index in [4.69, 9.17) is 0 Å².